The van der Waals surface area contributed by atoms with Gasteiger partial charge in [-0.05, 0) is 24.3 Å². The quantitative estimate of drug-likeness (QED) is 0.674. The molecule has 3 rings (SSSR count). The van der Waals surface area contributed by atoms with Gasteiger partial charge >= 0.3 is 6.18 Å². The van der Waals surface area contributed by atoms with Crippen molar-refractivity contribution < 1.29 is 30.4 Å². The summed E-state index contributed by atoms with van der Waals surface area (Å²) in [5.41, 5.74) is -0.326. The first kappa shape index (κ1) is 18.8. The molecule has 1 aromatic carbocycles. The van der Waals surface area contributed by atoms with Crippen molar-refractivity contribution in [2.24, 2.45) is 5.14 Å². The van der Waals surface area contributed by atoms with Crippen molar-refractivity contribution in [1.29, 1.82) is 0 Å². The highest BCUT2D eigenvalue weighted by Crippen LogP contribution is 2.30. The molecule has 2 heterocycles. The van der Waals surface area contributed by atoms with Crippen LogP contribution in [0, 0.1) is 11.6 Å². The molecule has 0 bridgehead atoms. The third kappa shape index (κ3) is 3.93. The molecule has 0 aliphatic heterocycles. The number of sulfonamides is 1. The maximum absolute atomic E-state index is 13.5. The molecule has 2 N–H and O–H groups in total. The Labute approximate surface area is 148 Å². The molecule has 0 amide bonds. The van der Waals surface area contributed by atoms with E-state index in [1.807, 2.05) is 0 Å². The van der Waals surface area contributed by atoms with Crippen LogP contribution in [0.1, 0.15) is 5.82 Å². The molecule has 0 atom stereocenters. The first-order valence-electron chi connectivity index (χ1n) is 6.95. The third-order valence-electron chi connectivity index (χ3n) is 3.25. The van der Waals surface area contributed by atoms with E-state index in [0.717, 1.165) is 30.5 Å². The molecule has 0 aliphatic carbocycles. The van der Waals surface area contributed by atoms with Crippen LogP contribution in [0.15, 0.2) is 41.4 Å². The lowest BCUT2D eigenvalue weighted by molar-refractivity contribution is -0.144. The maximum Gasteiger partial charge on any atom is 0.453 e. The molecule has 0 saturated carbocycles. The summed E-state index contributed by atoms with van der Waals surface area (Å²) in [5.74, 6) is -4.46. The Morgan fingerprint density at radius 2 is 1.67 bits per heavy atom. The first-order valence-corrected chi connectivity index (χ1v) is 8.50. The minimum absolute atomic E-state index is 0.273. The summed E-state index contributed by atoms with van der Waals surface area (Å²) in [4.78, 5) is 6.59. The largest absolute Gasteiger partial charge is 0.453 e. The lowest BCUT2D eigenvalue weighted by Crippen LogP contribution is -2.13. The Balaban J connectivity index is 2.21. The van der Waals surface area contributed by atoms with E-state index in [1.54, 1.807) is 0 Å². The van der Waals surface area contributed by atoms with Gasteiger partial charge < -0.3 is 0 Å². The Morgan fingerprint density at radius 1 is 1.04 bits per heavy atom. The van der Waals surface area contributed by atoms with Crippen LogP contribution in [0.3, 0.4) is 0 Å². The fourth-order valence-electron chi connectivity index (χ4n) is 2.13. The van der Waals surface area contributed by atoms with Gasteiger partial charge in [-0.15, -0.1) is 5.10 Å². The molecule has 7 nitrogen and oxygen atoms in total. The Morgan fingerprint density at radius 3 is 2.15 bits per heavy atom. The summed E-state index contributed by atoms with van der Waals surface area (Å²) in [6, 6.07) is 4.08. The fraction of sp³-hybridized carbons (Fsp3) is 0.0714. The number of aromatic nitrogens is 4. The third-order valence-corrected chi connectivity index (χ3v) is 4.15. The SMILES string of the molecule is NS(=O)(=O)c1ccc(-n2nc(C(F)(F)F)nc2-c2cc(F)cc(F)c2)nc1. The first-order chi connectivity index (χ1) is 12.4. The second-order valence-corrected chi connectivity index (χ2v) is 6.79. The molecule has 27 heavy (non-hydrogen) atoms. The summed E-state index contributed by atoms with van der Waals surface area (Å²) < 4.78 is 89.0. The van der Waals surface area contributed by atoms with Crippen LogP contribution in [-0.4, -0.2) is 28.2 Å². The maximum atomic E-state index is 13.5. The highest BCUT2D eigenvalue weighted by molar-refractivity contribution is 7.89. The Bertz CT molecular complexity index is 1090. The summed E-state index contributed by atoms with van der Waals surface area (Å²) >= 11 is 0. The molecule has 0 aliphatic rings. The van der Waals surface area contributed by atoms with Crippen molar-refractivity contribution in [1.82, 2.24) is 19.7 Å². The molecule has 2 aromatic heterocycles. The van der Waals surface area contributed by atoms with Crippen LogP contribution in [0.25, 0.3) is 17.2 Å². The van der Waals surface area contributed by atoms with Crippen molar-refractivity contribution in [3.8, 4) is 17.2 Å². The Kier molecular flexibility index (Phi) is 4.43. The predicted molar refractivity (Wildman–Crippen MR) is 80.9 cm³/mol. The van der Waals surface area contributed by atoms with E-state index in [1.165, 1.54) is 0 Å². The van der Waals surface area contributed by atoms with E-state index in [0.29, 0.717) is 10.7 Å². The molecular formula is C14H8F5N5O2S. The minimum Gasteiger partial charge on any atom is -0.236 e. The second kappa shape index (κ2) is 6.35. The van der Waals surface area contributed by atoms with Crippen molar-refractivity contribution in [2.75, 3.05) is 0 Å². The predicted octanol–water partition coefficient (Wildman–Crippen LogP) is 2.27. The minimum atomic E-state index is -4.94. The zero-order valence-corrected chi connectivity index (χ0v) is 13.8. The topological polar surface area (TPSA) is 104 Å². The second-order valence-electron chi connectivity index (χ2n) is 5.22. The van der Waals surface area contributed by atoms with Gasteiger partial charge in [0.2, 0.25) is 10.0 Å². The van der Waals surface area contributed by atoms with Gasteiger partial charge in [0.1, 0.15) is 16.5 Å². The van der Waals surface area contributed by atoms with Gasteiger partial charge in [0.05, 0.1) is 0 Å². The van der Waals surface area contributed by atoms with Crippen molar-refractivity contribution in [3.63, 3.8) is 0 Å². The molecule has 3 aromatic rings. The standard InChI is InChI=1S/C14H8F5N5O2S/c15-8-3-7(4-9(16)5-8)12-22-13(14(17,18)19)23-24(12)11-2-1-10(6-21-11)27(20,25)26/h1-6H,(H2,20,25,26). The number of hydrogen-bond acceptors (Lipinski definition) is 5. The molecule has 0 fully saturated rings. The van der Waals surface area contributed by atoms with Crippen molar-refractivity contribution in [2.45, 2.75) is 11.1 Å². The van der Waals surface area contributed by atoms with Gasteiger partial charge in [0.25, 0.3) is 5.82 Å². The van der Waals surface area contributed by atoms with E-state index in [4.69, 9.17) is 5.14 Å². The van der Waals surface area contributed by atoms with Crippen molar-refractivity contribution in [3.05, 3.63) is 54.0 Å². The van der Waals surface area contributed by atoms with Gasteiger partial charge in [-0.1, -0.05) is 0 Å². The highest BCUT2D eigenvalue weighted by atomic mass is 32.2. The average molecular weight is 405 g/mol. The summed E-state index contributed by atoms with van der Waals surface area (Å²) in [6.07, 6.45) is -4.14. The molecule has 0 radical (unpaired) electrons. The zero-order valence-electron chi connectivity index (χ0n) is 12.9. The fourth-order valence-corrected chi connectivity index (χ4v) is 2.59. The molecule has 0 saturated heterocycles. The smallest absolute Gasteiger partial charge is 0.236 e. The van der Waals surface area contributed by atoms with Crippen LogP contribution >= 0.6 is 0 Å². The van der Waals surface area contributed by atoms with Gasteiger partial charge in [-0.2, -0.15) is 17.9 Å². The summed E-state index contributed by atoms with van der Waals surface area (Å²) in [5, 5.41) is 8.20. The normalized spacial score (nSPS) is 12.4. The van der Waals surface area contributed by atoms with Crippen molar-refractivity contribution >= 4 is 10.0 Å². The lowest BCUT2D eigenvalue weighted by atomic mass is 10.2. The van der Waals surface area contributed by atoms with E-state index < -0.39 is 39.5 Å². The highest BCUT2D eigenvalue weighted by Gasteiger charge is 2.37. The molecule has 0 spiro atoms. The Hall–Kier alpha value is -2.93. The van der Waals surface area contributed by atoms with Gasteiger partial charge in [0, 0.05) is 17.8 Å². The number of primary sulfonamides is 1. The number of alkyl halides is 3. The zero-order chi connectivity index (χ0) is 20.0. The summed E-state index contributed by atoms with van der Waals surface area (Å²) in [7, 11) is -4.08. The molecule has 0 unspecified atom stereocenters. The number of nitrogens with two attached hydrogens (primary N) is 1. The van der Waals surface area contributed by atoms with Gasteiger partial charge in [-0.25, -0.2) is 32.3 Å². The average Bonchev–Trinajstić information content (AvgIpc) is 2.99. The van der Waals surface area contributed by atoms with E-state index in [-0.39, 0.29) is 16.3 Å². The number of halogens is 5. The number of benzene rings is 1. The number of nitrogens with zero attached hydrogens (tertiary/aromatic N) is 4. The van der Waals surface area contributed by atoms with Gasteiger partial charge in [-0.3, -0.25) is 0 Å². The lowest BCUT2D eigenvalue weighted by Gasteiger charge is -2.06. The number of hydrogen-bond donors (Lipinski definition) is 1. The molecular weight excluding hydrogens is 397 g/mol. The van der Waals surface area contributed by atoms with Crippen LogP contribution in [0.4, 0.5) is 22.0 Å². The van der Waals surface area contributed by atoms with Crippen LogP contribution in [0.5, 0.6) is 0 Å². The van der Waals surface area contributed by atoms with E-state index >= 15 is 0 Å². The van der Waals surface area contributed by atoms with Crippen LogP contribution < -0.4 is 5.14 Å². The molecule has 142 valence electrons. The summed E-state index contributed by atoms with van der Waals surface area (Å²) in [6.45, 7) is 0. The van der Waals surface area contributed by atoms with Crippen LogP contribution in [-0.2, 0) is 16.2 Å². The number of pyridine rings is 1. The van der Waals surface area contributed by atoms with E-state index in [2.05, 4.69) is 15.1 Å². The van der Waals surface area contributed by atoms with Gasteiger partial charge in [0.15, 0.2) is 11.6 Å². The van der Waals surface area contributed by atoms with E-state index in [9.17, 15) is 30.4 Å². The number of rotatable bonds is 3. The van der Waals surface area contributed by atoms with Crippen LogP contribution in [0.2, 0.25) is 0 Å². The molecule has 13 heteroatoms. The monoisotopic (exact) mass is 405 g/mol.